The van der Waals surface area contributed by atoms with E-state index in [0.29, 0.717) is 5.39 Å². The highest BCUT2D eigenvalue weighted by Gasteiger charge is 2.08. The minimum atomic E-state index is -0.958. The summed E-state index contributed by atoms with van der Waals surface area (Å²) in [6, 6.07) is 17.0. The summed E-state index contributed by atoms with van der Waals surface area (Å²) in [5.41, 5.74) is 1.99. The average molecular weight is 266 g/mol. The van der Waals surface area contributed by atoms with E-state index in [4.69, 9.17) is 5.11 Å². The Morgan fingerprint density at radius 1 is 0.850 bits per heavy atom. The summed E-state index contributed by atoms with van der Waals surface area (Å²) in [7, 11) is 0. The molecule has 0 aliphatic carbocycles. The Kier molecular flexibility index (Phi) is 2.95. The van der Waals surface area contributed by atoms with Gasteiger partial charge in [0.25, 0.3) is 0 Å². The van der Waals surface area contributed by atoms with Crippen LogP contribution in [0.4, 0.5) is 4.39 Å². The lowest BCUT2D eigenvalue weighted by molar-refractivity contribution is 0.0697. The van der Waals surface area contributed by atoms with Crippen LogP contribution in [0.3, 0.4) is 0 Å². The van der Waals surface area contributed by atoms with Gasteiger partial charge in [-0.15, -0.1) is 0 Å². The molecule has 0 aliphatic rings. The molecule has 3 heteroatoms. The van der Waals surface area contributed by atoms with Crippen molar-refractivity contribution in [1.82, 2.24) is 0 Å². The number of rotatable bonds is 2. The third-order valence-corrected chi connectivity index (χ3v) is 3.31. The molecule has 0 unspecified atom stereocenters. The average Bonchev–Trinajstić information content (AvgIpc) is 2.48. The van der Waals surface area contributed by atoms with Gasteiger partial charge in [0.15, 0.2) is 0 Å². The van der Waals surface area contributed by atoms with Crippen LogP contribution in [0.1, 0.15) is 10.4 Å². The zero-order chi connectivity index (χ0) is 14.1. The summed E-state index contributed by atoms with van der Waals surface area (Å²) in [4.78, 5) is 10.9. The summed E-state index contributed by atoms with van der Waals surface area (Å²) in [6.07, 6.45) is 0. The minimum Gasteiger partial charge on any atom is -0.478 e. The molecular weight excluding hydrogens is 255 g/mol. The van der Waals surface area contributed by atoms with E-state index in [1.165, 1.54) is 6.07 Å². The first-order valence-electron chi connectivity index (χ1n) is 6.18. The number of hydrogen-bond donors (Lipinski definition) is 1. The summed E-state index contributed by atoms with van der Waals surface area (Å²) < 4.78 is 13.8. The molecule has 0 aliphatic heterocycles. The first kappa shape index (κ1) is 12.4. The van der Waals surface area contributed by atoms with Crippen molar-refractivity contribution in [1.29, 1.82) is 0 Å². The molecule has 2 nitrogen and oxygen atoms in total. The van der Waals surface area contributed by atoms with Crippen LogP contribution in [-0.4, -0.2) is 11.1 Å². The van der Waals surface area contributed by atoms with Gasteiger partial charge in [-0.05, 0) is 34.7 Å². The number of hydrogen-bond acceptors (Lipinski definition) is 1. The van der Waals surface area contributed by atoms with Crippen LogP contribution in [0.25, 0.3) is 21.9 Å². The van der Waals surface area contributed by atoms with E-state index < -0.39 is 5.97 Å². The van der Waals surface area contributed by atoms with Crippen molar-refractivity contribution in [3.05, 3.63) is 72.0 Å². The number of carboxylic acid groups (broad SMARTS) is 1. The second kappa shape index (κ2) is 4.78. The first-order chi connectivity index (χ1) is 9.66. The van der Waals surface area contributed by atoms with Gasteiger partial charge in [-0.1, -0.05) is 42.5 Å². The second-order valence-electron chi connectivity index (χ2n) is 4.52. The topological polar surface area (TPSA) is 37.3 Å². The van der Waals surface area contributed by atoms with Crippen LogP contribution in [0, 0.1) is 5.82 Å². The Morgan fingerprint density at radius 3 is 2.15 bits per heavy atom. The summed E-state index contributed by atoms with van der Waals surface area (Å²) in [6.45, 7) is 0. The Balaban J connectivity index is 2.19. The van der Waals surface area contributed by atoms with Gasteiger partial charge in [0.2, 0.25) is 0 Å². The highest BCUT2D eigenvalue weighted by Crippen LogP contribution is 2.30. The van der Waals surface area contributed by atoms with Crippen molar-refractivity contribution in [2.75, 3.05) is 0 Å². The maximum atomic E-state index is 13.8. The summed E-state index contributed by atoms with van der Waals surface area (Å²) in [5.74, 6) is -1.22. The third kappa shape index (κ3) is 2.03. The zero-order valence-corrected chi connectivity index (χ0v) is 10.5. The number of fused-ring (bicyclic) bond motifs is 1. The van der Waals surface area contributed by atoms with E-state index in [1.807, 2.05) is 12.1 Å². The molecule has 3 aromatic rings. The summed E-state index contributed by atoms with van der Waals surface area (Å²) in [5, 5.41) is 10.3. The van der Waals surface area contributed by atoms with E-state index in [9.17, 15) is 9.18 Å². The van der Waals surface area contributed by atoms with Crippen molar-refractivity contribution in [3.63, 3.8) is 0 Å². The van der Waals surface area contributed by atoms with E-state index in [2.05, 4.69) is 0 Å². The summed E-state index contributed by atoms with van der Waals surface area (Å²) >= 11 is 0. The Morgan fingerprint density at radius 2 is 1.50 bits per heavy atom. The molecule has 0 radical (unpaired) electrons. The molecule has 3 aromatic carbocycles. The lowest BCUT2D eigenvalue weighted by atomic mass is 9.97. The number of aromatic carboxylic acids is 1. The van der Waals surface area contributed by atoms with Gasteiger partial charge >= 0.3 is 5.97 Å². The predicted octanol–water partition coefficient (Wildman–Crippen LogP) is 4.34. The molecule has 0 heterocycles. The smallest absolute Gasteiger partial charge is 0.335 e. The molecular formula is C17H11FO2. The van der Waals surface area contributed by atoms with Crippen LogP contribution in [0.5, 0.6) is 0 Å². The standard InChI is InChI=1S/C17H11FO2/c18-16-10-9-13(14-3-1-2-4-15(14)16)11-5-7-12(8-6-11)17(19)20/h1-10H,(H,19,20). The number of carbonyl (C=O) groups is 1. The van der Waals surface area contributed by atoms with Gasteiger partial charge in [-0.3, -0.25) is 0 Å². The van der Waals surface area contributed by atoms with Crippen LogP contribution < -0.4 is 0 Å². The van der Waals surface area contributed by atoms with Crippen molar-refractivity contribution < 1.29 is 14.3 Å². The Labute approximate surface area is 115 Å². The predicted molar refractivity (Wildman–Crippen MR) is 76.3 cm³/mol. The fourth-order valence-electron chi connectivity index (χ4n) is 2.31. The molecule has 0 bridgehead atoms. The number of benzene rings is 3. The normalized spacial score (nSPS) is 10.7. The molecule has 0 fully saturated rings. The lowest BCUT2D eigenvalue weighted by Gasteiger charge is -2.08. The van der Waals surface area contributed by atoms with Crippen molar-refractivity contribution in [2.45, 2.75) is 0 Å². The van der Waals surface area contributed by atoms with Crippen molar-refractivity contribution >= 4 is 16.7 Å². The fourth-order valence-corrected chi connectivity index (χ4v) is 2.31. The van der Waals surface area contributed by atoms with E-state index >= 15 is 0 Å². The second-order valence-corrected chi connectivity index (χ2v) is 4.52. The largest absolute Gasteiger partial charge is 0.478 e. The van der Waals surface area contributed by atoms with Gasteiger partial charge in [0.05, 0.1) is 5.56 Å². The van der Waals surface area contributed by atoms with E-state index in [1.54, 1.807) is 42.5 Å². The van der Waals surface area contributed by atoms with Crippen LogP contribution >= 0.6 is 0 Å². The molecule has 0 amide bonds. The van der Waals surface area contributed by atoms with Crippen LogP contribution in [-0.2, 0) is 0 Å². The monoisotopic (exact) mass is 266 g/mol. The van der Waals surface area contributed by atoms with Crippen LogP contribution in [0.15, 0.2) is 60.7 Å². The molecule has 3 rings (SSSR count). The molecule has 0 aromatic heterocycles. The highest BCUT2D eigenvalue weighted by atomic mass is 19.1. The van der Waals surface area contributed by atoms with Gasteiger partial charge in [-0.2, -0.15) is 0 Å². The van der Waals surface area contributed by atoms with Crippen molar-refractivity contribution in [3.8, 4) is 11.1 Å². The molecule has 0 spiro atoms. The van der Waals surface area contributed by atoms with Crippen LogP contribution in [0.2, 0.25) is 0 Å². The van der Waals surface area contributed by atoms with Gasteiger partial charge in [-0.25, -0.2) is 9.18 Å². The molecule has 98 valence electrons. The third-order valence-electron chi connectivity index (χ3n) is 3.31. The van der Waals surface area contributed by atoms with E-state index in [-0.39, 0.29) is 11.4 Å². The maximum absolute atomic E-state index is 13.8. The van der Waals surface area contributed by atoms with Gasteiger partial charge in [0, 0.05) is 5.39 Å². The molecule has 0 atom stereocenters. The molecule has 20 heavy (non-hydrogen) atoms. The molecule has 1 N–H and O–H groups in total. The molecule has 0 saturated carbocycles. The molecule has 0 saturated heterocycles. The lowest BCUT2D eigenvalue weighted by Crippen LogP contribution is -1.95. The zero-order valence-electron chi connectivity index (χ0n) is 10.5. The minimum absolute atomic E-state index is 0.236. The SMILES string of the molecule is O=C(O)c1ccc(-c2ccc(F)c3ccccc23)cc1. The highest BCUT2D eigenvalue weighted by molar-refractivity contribution is 5.97. The quantitative estimate of drug-likeness (QED) is 0.749. The van der Waals surface area contributed by atoms with Gasteiger partial charge < -0.3 is 5.11 Å². The van der Waals surface area contributed by atoms with Crippen molar-refractivity contribution in [2.24, 2.45) is 0 Å². The maximum Gasteiger partial charge on any atom is 0.335 e. The van der Waals surface area contributed by atoms with Gasteiger partial charge in [0.1, 0.15) is 5.82 Å². The fraction of sp³-hybridized carbons (Fsp3) is 0. The number of halogens is 1. The Bertz CT molecular complexity index is 792. The Hall–Kier alpha value is -2.68. The van der Waals surface area contributed by atoms with E-state index in [0.717, 1.165) is 16.5 Å². The first-order valence-corrected chi connectivity index (χ1v) is 6.18. The number of carboxylic acids is 1.